The van der Waals surface area contributed by atoms with Crippen molar-refractivity contribution in [2.45, 2.75) is 12.2 Å². The summed E-state index contributed by atoms with van der Waals surface area (Å²) < 4.78 is 13.6. The molecule has 0 spiro atoms. The van der Waals surface area contributed by atoms with Crippen LogP contribution in [0.25, 0.3) is 0 Å². The Labute approximate surface area is 117 Å². The maximum atomic E-state index is 13.6. The van der Waals surface area contributed by atoms with Gasteiger partial charge in [-0.2, -0.15) is 11.8 Å². The van der Waals surface area contributed by atoms with Crippen LogP contribution in [0.3, 0.4) is 0 Å². The van der Waals surface area contributed by atoms with Gasteiger partial charge in [-0.3, -0.25) is 4.79 Å². The molecule has 2 rings (SSSR count). The molecule has 19 heavy (non-hydrogen) atoms. The van der Waals surface area contributed by atoms with E-state index < -0.39 is 0 Å². The number of nitrogens with zero attached hydrogens (tertiary/aromatic N) is 1. The van der Waals surface area contributed by atoms with Crippen molar-refractivity contribution >= 4 is 17.7 Å². The van der Waals surface area contributed by atoms with Crippen molar-refractivity contribution in [3.05, 3.63) is 35.1 Å². The first kappa shape index (κ1) is 14.3. The fourth-order valence-electron chi connectivity index (χ4n) is 2.37. The number of rotatable bonds is 4. The highest BCUT2D eigenvalue weighted by atomic mass is 32.2. The van der Waals surface area contributed by atoms with Crippen LogP contribution >= 0.6 is 11.8 Å². The highest BCUT2D eigenvalue weighted by Gasteiger charge is 2.26. The zero-order valence-electron chi connectivity index (χ0n) is 11.1. The summed E-state index contributed by atoms with van der Waals surface area (Å²) in [4.78, 5) is 14.1. The molecule has 1 heterocycles. The predicted molar refractivity (Wildman–Crippen MR) is 76.7 cm³/mol. The van der Waals surface area contributed by atoms with Crippen molar-refractivity contribution in [1.29, 1.82) is 0 Å². The Kier molecular flexibility index (Phi) is 4.82. The third kappa shape index (κ3) is 3.28. The van der Waals surface area contributed by atoms with Gasteiger partial charge in [0.2, 0.25) is 0 Å². The highest BCUT2D eigenvalue weighted by molar-refractivity contribution is 7.97. The van der Waals surface area contributed by atoms with Crippen molar-refractivity contribution in [1.82, 2.24) is 4.90 Å². The molecular formula is C14H19FN2OS. The number of benzene rings is 1. The minimum absolute atomic E-state index is 0.0155. The molecule has 0 radical (unpaired) electrons. The summed E-state index contributed by atoms with van der Waals surface area (Å²) in [6.45, 7) is 2.07. The average molecular weight is 282 g/mol. The molecule has 1 aromatic carbocycles. The van der Waals surface area contributed by atoms with Crippen LogP contribution in [-0.2, 0) is 5.75 Å². The molecule has 1 fully saturated rings. The Morgan fingerprint density at radius 1 is 1.58 bits per heavy atom. The van der Waals surface area contributed by atoms with Crippen LogP contribution in [0.4, 0.5) is 4.39 Å². The molecule has 0 unspecified atom stereocenters. The quantitative estimate of drug-likeness (QED) is 0.920. The molecule has 3 nitrogen and oxygen atoms in total. The number of nitrogens with two attached hydrogens (primary N) is 1. The monoisotopic (exact) mass is 282 g/mol. The third-order valence-corrected chi connectivity index (χ3v) is 4.10. The van der Waals surface area contributed by atoms with Gasteiger partial charge in [-0.15, -0.1) is 0 Å². The first-order chi connectivity index (χ1) is 9.15. The molecule has 0 saturated carbocycles. The molecule has 1 amide bonds. The average Bonchev–Trinajstić information content (AvgIpc) is 2.89. The van der Waals surface area contributed by atoms with Crippen molar-refractivity contribution in [2.75, 3.05) is 25.9 Å². The van der Waals surface area contributed by atoms with Crippen molar-refractivity contribution in [3.8, 4) is 0 Å². The van der Waals surface area contributed by atoms with E-state index in [9.17, 15) is 9.18 Å². The minimum atomic E-state index is -0.243. The summed E-state index contributed by atoms with van der Waals surface area (Å²) in [6.07, 6.45) is 2.88. The van der Waals surface area contributed by atoms with Gasteiger partial charge in [0.25, 0.3) is 5.91 Å². The van der Waals surface area contributed by atoms with Crippen LogP contribution in [-0.4, -0.2) is 36.7 Å². The molecular weight excluding hydrogens is 263 g/mol. The molecule has 1 aliphatic rings. The lowest BCUT2D eigenvalue weighted by Gasteiger charge is -2.17. The second-order valence-corrected chi connectivity index (χ2v) is 5.75. The normalized spacial score (nSPS) is 18.9. The van der Waals surface area contributed by atoms with E-state index in [0.29, 0.717) is 35.9 Å². The number of carbonyl (C=O) groups is 1. The van der Waals surface area contributed by atoms with Crippen LogP contribution in [0.1, 0.15) is 22.3 Å². The second-order valence-electron chi connectivity index (χ2n) is 4.88. The lowest BCUT2D eigenvalue weighted by atomic mass is 10.1. The van der Waals surface area contributed by atoms with Crippen molar-refractivity contribution < 1.29 is 9.18 Å². The van der Waals surface area contributed by atoms with Crippen molar-refractivity contribution in [3.63, 3.8) is 0 Å². The largest absolute Gasteiger partial charge is 0.338 e. The molecule has 1 aromatic rings. The number of hydrogen-bond donors (Lipinski definition) is 1. The summed E-state index contributed by atoms with van der Waals surface area (Å²) in [5.41, 5.74) is 6.79. The number of thioether (sulfide) groups is 1. The number of halogens is 1. The fourth-order valence-corrected chi connectivity index (χ4v) is 2.90. The summed E-state index contributed by atoms with van der Waals surface area (Å²) in [5, 5.41) is 0. The van der Waals surface area contributed by atoms with E-state index in [-0.39, 0.29) is 11.7 Å². The zero-order chi connectivity index (χ0) is 13.8. The third-order valence-electron chi connectivity index (χ3n) is 3.50. The number of likely N-dealkylation sites (tertiary alicyclic amines) is 1. The highest BCUT2D eigenvalue weighted by Crippen LogP contribution is 2.20. The van der Waals surface area contributed by atoms with Gasteiger partial charge >= 0.3 is 0 Å². The molecule has 2 N–H and O–H groups in total. The van der Waals surface area contributed by atoms with Crippen LogP contribution in [0.2, 0.25) is 0 Å². The number of amides is 1. The fraction of sp³-hybridized carbons (Fsp3) is 0.500. The standard InChI is InChI=1S/C14H19FN2OS/c1-19-9-12-6-11(2-3-13(12)15)14(18)17-5-4-10(7-16)8-17/h2-3,6,10H,4-5,7-9,16H2,1H3/t10-/m1/s1. The summed E-state index contributed by atoms with van der Waals surface area (Å²) in [7, 11) is 0. The molecule has 1 saturated heterocycles. The Balaban J connectivity index is 2.13. The smallest absolute Gasteiger partial charge is 0.253 e. The molecule has 0 aliphatic carbocycles. The van der Waals surface area contributed by atoms with Gasteiger partial charge in [0, 0.05) is 24.4 Å². The van der Waals surface area contributed by atoms with Gasteiger partial charge in [0.1, 0.15) is 5.82 Å². The van der Waals surface area contributed by atoms with Crippen LogP contribution < -0.4 is 5.73 Å². The van der Waals surface area contributed by atoms with Gasteiger partial charge in [-0.25, -0.2) is 4.39 Å². The summed E-state index contributed by atoms with van der Waals surface area (Å²) in [6, 6.07) is 4.62. The van der Waals surface area contributed by atoms with E-state index in [1.807, 2.05) is 11.2 Å². The summed E-state index contributed by atoms with van der Waals surface area (Å²) >= 11 is 1.54. The van der Waals surface area contributed by atoms with Crippen LogP contribution in [0, 0.1) is 11.7 Å². The van der Waals surface area contributed by atoms with Gasteiger partial charge in [-0.05, 0) is 48.9 Å². The first-order valence-corrected chi connectivity index (χ1v) is 7.81. The lowest BCUT2D eigenvalue weighted by Crippen LogP contribution is -2.29. The van der Waals surface area contributed by atoms with E-state index in [1.54, 1.807) is 23.9 Å². The topological polar surface area (TPSA) is 46.3 Å². The van der Waals surface area contributed by atoms with Gasteiger partial charge in [0.15, 0.2) is 0 Å². The van der Waals surface area contributed by atoms with E-state index in [0.717, 1.165) is 13.0 Å². The van der Waals surface area contributed by atoms with Crippen molar-refractivity contribution in [2.24, 2.45) is 11.7 Å². The van der Waals surface area contributed by atoms with E-state index >= 15 is 0 Å². The maximum Gasteiger partial charge on any atom is 0.253 e. The van der Waals surface area contributed by atoms with Crippen LogP contribution in [0.5, 0.6) is 0 Å². The van der Waals surface area contributed by atoms with E-state index in [4.69, 9.17) is 5.73 Å². The first-order valence-electron chi connectivity index (χ1n) is 6.42. The number of carbonyl (C=O) groups excluding carboxylic acids is 1. The maximum absolute atomic E-state index is 13.6. The van der Waals surface area contributed by atoms with Gasteiger partial charge in [0.05, 0.1) is 0 Å². The molecule has 1 atom stereocenters. The molecule has 104 valence electrons. The summed E-state index contributed by atoms with van der Waals surface area (Å²) in [5.74, 6) is 0.721. The molecule has 0 aromatic heterocycles. The molecule has 5 heteroatoms. The van der Waals surface area contributed by atoms with Crippen LogP contribution in [0.15, 0.2) is 18.2 Å². The lowest BCUT2D eigenvalue weighted by molar-refractivity contribution is 0.0787. The Bertz CT molecular complexity index is 467. The van der Waals surface area contributed by atoms with Gasteiger partial charge < -0.3 is 10.6 Å². The SMILES string of the molecule is CSCc1cc(C(=O)N2CC[C@H](CN)C2)ccc1F. The second kappa shape index (κ2) is 6.39. The minimum Gasteiger partial charge on any atom is -0.338 e. The zero-order valence-corrected chi connectivity index (χ0v) is 11.9. The Hall–Kier alpha value is -1.07. The Morgan fingerprint density at radius 2 is 2.37 bits per heavy atom. The van der Waals surface area contributed by atoms with Gasteiger partial charge in [-0.1, -0.05) is 0 Å². The predicted octanol–water partition coefficient (Wildman–Crippen LogP) is 2.11. The van der Waals surface area contributed by atoms with E-state index in [2.05, 4.69) is 0 Å². The molecule has 1 aliphatic heterocycles. The Morgan fingerprint density at radius 3 is 3.00 bits per heavy atom. The molecule has 0 bridgehead atoms. The number of hydrogen-bond acceptors (Lipinski definition) is 3. The van der Waals surface area contributed by atoms with E-state index in [1.165, 1.54) is 6.07 Å².